The van der Waals surface area contributed by atoms with Crippen molar-refractivity contribution < 1.29 is 0 Å². The summed E-state index contributed by atoms with van der Waals surface area (Å²) in [7, 11) is 0. The van der Waals surface area contributed by atoms with Crippen molar-refractivity contribution in [3.05, 3.63) is 54.2 Å². The lowest BCUT2D eigenvalue weighted by Gasteiger charge is -2.09. The smallest absolute Gasteiger partial charge is 0.132 e. The predicted octanol–water partition coefficient (Wildman–Crippen LogP) is 3.26. The van der Waals surface area contributed by atoms with E-state index in [1.807, 2.05) is 43.3 Å². The number of aromatic nitrogens is 2. The second kappa shape index (κ2) is 4.57. The fourth-order valence-corrected chi connectivity index (χ4v) is 2.00. The van der Waals surface area contributed by atoms with Crippen LogP contribution < -0.4 is 11.1 Å². The molecule has 3 N–H and O–H groups in total. The molecule has 19 heavy (non-hydrogen) atoms. The van der Waals surface area contributed by atoms with Gasteiger partial charge in [-0.1, -0.05) is 24.3 Å². The third-order valence-corrected chi connectivity index (χ3v) is 2.89. The molecule has 0 unspecified atom stereocenters. The number of nitrogens with zero attached hydrogens (tertiary/aromatic N) is 2. The van der Waals surface area contributed by atoms with E-state index in [0.717, 1.165) is 28.1 Å². The molecule has 3 rings (SSSR count). The van der Waals surface area contributed by atoms with Crippen LogP contribution in [0.2, 0.25) is 0 Å². The van der Waals surface area contributed by atoms with Crippen LogP contribution in [0.4, 0.5) is 17.3 Å². The molecule has 0 saturated carbocycles. The number of nitrogen functional groups attached to an aromatic ring is 1. The molecule has 0 amide bonds. The molecule has 2 aromatic heterocycles. The molecule has 0 aliphatic rings. The second-order valence-electron chi connectivity index (χ2n) is 4.40. The van der Waals surface area contributed by atoms with Crippen molar-refractivity contribution in [3.63, 3.8) is 0 Å². The minimum absolute atomic E-state index is 0.495. The lowest BCUT2D eigenvalue weighted by molar-refractivity contribution is 1.25. The summed E-state index contributed by atoms with van der Waals surface area (Å²) in [6.07, 6.45) is 0. The van der Waals surface area contributed by atoms with Crippen LogP contribution in [-0.4, -0.2) is 9.97 Å². The van der Waals surface area contributed by atoms with Crippen LogP contribution in [0.3, 0.4) is 0 Å². The number of hydrogen-bond donors (Lipinski definition) is 2. The van der Waals surface area contributed by atoms with E-state index in [9.17, 15) is 0 Å². The first kappa shape index (κ1) is 11.5. The van der Waals surface area contributed by atoms with Crippen molar-refractivity contribution in [3.8, 4) is 0 Å². The quantitative estimate of drug-likeness (QED) is 0.732. The van der Waals surface area contributed by atoms with Crippen molar-refractivity contribution in [2.24, 2.45) is 0 Å². The Bertz CT molecular complexity index is 737. The van der Waals surface area contributed by atoms with Crippen LogP contribution in [0.25, 0.3) is 10.9 Å². The molecular formula is C15H14N4. The molecule has 0 fully saturated rings. The van der Waals surface area contributed by atoms with E-state index in [2.05, 4.69) is 21.4 Å². The van der Waals surface area contributed by atoms with E-state index in [4.69, 9.17) is 5.73 Å². The highest BCUT2D eigenvalue weighted by Crippen LogP contribution is 2.24. The average molecular weight is 250 g/mol. The summed E-state index contributed by atoms with van der Waals surface area (Å²) in [5.74, 6) is 1.21. The van der Waals surface area contributed by atoms with Crippen LogP contribution >= 0.6 is 0 Å². The number of fused-ring (bicyclic) bond motifs is 1. The molecule has 0 saturated heterocycles. The molecule has 3 aromatic rings. The average Bonchev–Trinajstić information content (AvgIpc) is 2.39. The first-order valence-corrected chi connectivity index (χ1v) is 6.08. The number of benzene rings is 1. The Labute approximate surface area is 111 Å². The zero-order valence-electron chi connectivity index (χ0n) is 10.6. The van der Waals surface area contributed by atoms with Crippen molar-refractivity contribution in [2.45, 2.75) is 6.92 Å². The number of para-hydroxylation sites is 1. The number of nitrogens with two attached hydrogens (primary N) is 1. The number of nitrogens with one attached hydrogen (secondary N) is 1. The molecule has 0 bridgehead atoms. The molecule has 0 aliphatic heterocycles. The van der Waals surface area contributed by atoms with Gasteiger partial charge in [0, 0.05) is 11.1 Å². The predicted molar refractivity (Wildman–Crippen MR) is 78.4 cm³/mol. The van der Waals surface area contributed by atoms with E-state index in [1.54, 1.807) is 6.07 Å². The number of hydrogen-bond acceptors (Lipinski definition) is 4. The molecule has 0 spiro atoms. The van der Waals surface area contributed by atoms with E-state index in [1.165, 1.54) is 0 Å². The molecule has 4 heteroatoms. The van der Waals surface area contributed by atoms with Gasteiger partial charge >= 0.3 is 0 Å². The van der Waals surface area contributed by atoms with Crippen LogP contribution in [0, 0.1) is 6.92 Å². The van der Waals surface area contributed by atoms with Crippen LogP contribution in [0.15, 0.2) is 48.5 Å². The topological polar surface area (TPSA) is 63.8 Å². The van der Waals surface area contributed by atoms with Gasteiger partial charge in [-0.2, -0.15) is 0 Å². The van der Waals surface area contributed by atoms with Gasteiger partial charge in [0.15, 0.2) is 0 Å². The highest BCUT2D eigenvalue weighted by Gasteiger charge is 2.04. The molecule has 94 valence electrons. The van der Waals surface area contributed by atoms with Gasteiger partial charge in [0.2, 0.25) is 0 Å². The van der Waals surface area contributed by atoms with Gasteiger partial charge in [-0.25, -0.2) is 4.98 Å². The normalized spacial score (nSPS) is 10.6. The highest BCUT2D eigenvalue weighted by atomic mass is 15.0. The molecule has 0 radical (unpaired) electrons. The Morgan fingerprint density at radius 3 is 2.63 bits per heavy atom. The van der Waals surface area contributed by atoms with Crippen molar-refractivity contribution >= 4 is 28.2 Å². The summed E-state index contributed by atoms with van der Waals surface area (Å²) < 4.78 is 0. The van der Waals surface area contributed by atoms with Gasteiger partial charge in [0.1, 0.15) is 11.6 Å². The van der Waals surface area contributed by atoms with E-state index in [0.29, 0.717) is 5.82 Å². The first-order chi connectivity index (χ1) is 9.22. The number of anilines is 3. The summed E-state index contributed by atoms with van der Waals surface area (Å²) in [6, 6.07) is 15.6. The Hall–Kier alpha value is -2.62. The van der Waals surface area contributed by atoms with E-state index < -0.39 is 0 Å². The summed E-state index contributed by atoms with van der Waals surface area (Å²) >= 11 is 0. The maximum Gasteiger partial charge on any atom is 0.132 e. The van der Waals surface area contributed by atoms with E-state index >= 15 is 0 Å². The van der Waals surface area contributed by atoms with Crippen LogP contribution in [-0.2, 0) is 0 Å². The minimum atomic E-state index is 0.495. The fraction of sp³-hybridized carbons (Fsp3) is 0.0667. The zero-order valence-corrected chi connectivity index (χ0v) is 10.6. The Morgan fingerprint density at radius 1 is 0.947 bits per heavy atom. The maximum atomic E-state index is 5.68. The Kier molecular flexibility index (Phi) is 2.76. The van der Waals surface area contributed by atoms with Gasteiger partial charge in [0.05, 0.1) is 11.2 Å². The second-order valence-corrected chi connectivity index (χ2v) is 4.40. The first-order valence-electron chi connectivity index (χ1n) is 6.08. The lowest BCUT2D eigenvalue weighted by atomic mass is 10.1. The summed E-state index contributed by atoms with van der Waals surface area (Å²) in [5.41, 5.74) is 8.54. The van der Waals surface area contributed by atoms with Crippen LogP contribution in [0.5, 0.6) is 0 Å². The third-order valence-electron chi connectivity index (χ3n) is 2.89. The van der Waals surface area contributed by atoms with Crippen molar-refractivity contribution in [1.29, 1.82) is 0 Å². The Morgan fingerprint density at radius 2 is 1.79 bits per heavy atom. The number of pyridine rings is 2. The molecule has 1 aromatic carbocycles. The summed E-state index contributed by atoms with van der Waals surface area (Å²) in [5, 5.41) is 4.36. The summed E-state index contributed by atoms with van der Waals surface area (Å²) in [4.78, 5) is 8.81. The molecule has 2 heterocycles. The molecular weight excluding hydrogens is 236 g/mol. The number of aryl methyl sites for hydroxylation is 1. The van der Waals surface area contributed by atoms with Gasteiger partial charge in [-0.15, -0.1) is 0 Å². The minimum Gasteiger partial charge on any atom is -0.384 e. The SMILES string of the molecule is Cc1ccc2cccc(Nc3cccc(N)n3)c2n1. The standard InChI is InChI=1S/C15H14N4/c1-10-8-9-11-4-2-5-12(15(11)17-10)18-14-7-3-6-13(16)19-14/h2-9H,1H3,(H3,16,18,19). The Balaban J connectivity index is 2.07. The van der Waals surface area contributed by atoms with E-state index in [-0.39, 0.29) is 0 Å². The largest absolute Gasteiger partial charge is 0.384 e. The number of rotatable bonds is 2. The maximum absolute atomic E-state index is 5.68. The van der Waals surface area contributed by atoms with Gasteiger partial charge in [-0.3, -0.25) is 4.98 Å². The van der Waals surface area contributed by atoms with Gasteiger partial charge in [-0.05, 0) is 31.2 Å². The fourth-order valence-electron chi connectivity index (χ4n) is 2.00. The van der Waals surface area contributed by atoms with Gasteiger partial charge in [0.25, 0.3) is 0 Å². The van der Waals surface area contributed by atoms with Gasteiger partial charge < -0.3 is 11.1 Å². The third kappa shape index (κ3) is 2.33. The lowest BCUT2D eigenvalue weighted by Crippen LogP contribution is -1.98. The zero-order chi connectivity index (χ0) is 13.2. The molecule has 0 aliphatic carbocycles. The highest BCUT2D eigenvalue weighted by molar-refractivity contribution is 5.91. The van der Waals surface area contributed by atoms with Crippen molar-refractivity contribution in [2.75, 3.05) is 11.1 Å². The van der Waals surface area contributed by atoms with Crippen molar-refractivity contribution in [1.82, 2.24) is 9.97 Å². The molecule has 4 nitrogen and oxygen atoms in total. The monoisotopic (exact) mass is 250 g/mol. The summed E-state index contributed by atoms with van der Waals surface area (Å²) in [6.45, 7) is 1.98. The molecule has 0 atom stereocenters. The van der Waals surface area contributed by atoms with Crippen LogP contribution in [0.1, 0.15) is 5.69 Å².